The van der Waals surface area contributed by atoms with Crippen LogP contribution >= 0.6 is 0 Å². The van der Waals surface area contributed by atoms with E-state index in [1.165, 1.54) is 0 Å². The highest BCUT2D eigenvalue weighted by Gasteiger charge is 2.30. The summed E-state index contributed by atoms with van der Waals surface area (Å²) in [6.45, 7) is 4.92. The molecule has 1 saturated heterocycles. The van der Waals surface area contributed by atoms with Gasteiger partial charge in [0.25, 0.3) is 5.91 Å². The number of nitrogens with zero attached hydrogens (tertiary/aromatic N) is 3. The van der Waals surface area contributed by atoms with Crippen LogP contribution in [0.1, 0.15) is 40.7 Å². The van der Waals surface area contributed by atoms with E-state index in [4.69, 9.17) is 9.73 Å². The topological polar surface area (TPSA) is 86.3 Å². The van der Waals surface area contributed by atoms with Crippen LogP contribution in [0.2, 0.25) is 0 Å². The number of carbonyl (C=O) groups excluding carboxylic acids is 2. The first-order valence-electron chi connectivity index (χ1n) is 12.6. The third-order valence-corrected chi connectivity index (χ3v) is 7.14. The van der Waals surface area contributed by atoms with Gasteiger partial charge >= 0.3 is 5.97 Å². The van der Waals surface area contributed by atoms with Crippen molar-refractivity contribution < 1.29 is 14.3 Å². The molecule has 3 heterocycles. The molecule has 36 heavy (non-hydrogen) atoms. The van der Waals surface area contributed by atoms with Crippen molar-refractivity contribution >= 4 is 29.1 Å². The molecule has 0 unspecified atom stereocenters. The van der Waals surface area contributed by atoms with Gasteiger partial charge in [0.1, 0.15) is 0 Å². The van der Waals surface area contributed by atoms with Crippen LogP contribution in [0.15, 0.2) is 59.2 Å². The standard InChI is InChI=1S/C28H33N5O3/c1-19-15-22(8-7-21(19)9-10-26(34)36-18-20-11-13-29-14-12-20)28(35)33-17-23-16-30-32(2)27(23)31-24-5-3-4-6-25(24)33/h3-8,15-16,20,29-30H,9-14,17-18H2,1-2H3. The Balaban J connectivity index is 1.25. The van der Waals surface area contributed by atoms with Gasteiger partial charge in [-0.2, -0.15) is 0 Å². The summed E-state index contributed by atoms with van der Waals surface area (Å²) in [5, 5.41) is 5.19. The van der Waals surface area contributed by atoms with Crippen LogP contribution in [-0.2, 0) is 16.0 Å². The molecule has 0 radical (unpaired) electrons. The number of hydrogen-bond acceptors (Lipinski definition) is 7. The number of amidine groups is 1. The zero-order chi connectivity index (χ0) is 25.1. The summed E-state index contributed by atoms with van der Waals surface area (Å²) in [4.78, 5) is 32.6. The van der Waals surface area contributed by atoms with E-state index >= 15 is 0 Å². The lowest BCUT2D eigenvalue weighted by Crippen LogP contribution is -2.35. The average Bonchev–Trinajstić information content (AvgIpc) is 3.14. The molecule has 188 valence electrons. The Bertz CT molecular complexity index is 1220. The summed E-state index contributed by atoms with van der Waals surface area (Å²) in [7, 11) is 1.91. The Kier molecular flexibility index (Phi) is 7.04. The minimum Gasteiger partial charge on any atom is -0.465 e. The van der Waals surface area contributed by atoms with Crippen LogP contribution in [0.4, 0.5) is 11.4 Å². The number of hydrogen-bond donors (Lipinski definition) is 2. The van der Waals surface area contributed by atoms with Crippen LogP contribution in [0, 0.1) is 12.8 Å². The van der Waals surface area contributed by atoms with E-state index in [0.29, 0.717) is 37.5 Å². The van der Waals surface area contributed by atoms with Crippen molar-refractivity contribution in [3.05, 3.63) is 70.9 Å². The number of amides is 1. The van der Waals surface area contributed by atoms with Gasteiger partial charge in [0.2, 0.25) is 0 Å². The number of carbonyl (C=O) groups is 2. The highest BCUT2D eigenvalue weighted by Crippen LogP contribution is 2.34. The molecule has 0 spiro atoms. The van der Waals surface area contributed by atoms with Gasteiger partial charge in [-0.3, -0.25) is 14.6 Å². The molecule has 3 aliphatic rings. The molecule has 0 atom stereocenters. The van der Waals surface area contributed by atoms with Gasteiger partial charge in [-0.05, 0) is 80.6 Å². The Hall–Kier alpha value is -3.65. The number of piperidine rings is 1. The van der Waals surface area contributed by atoms with E-state index in [2.05, 4.69) is 10.7 Å². The molecule has 0 bridgehead atoms. The van der Waals surface area contributed by atoms with Gasteiger partial charge in [-0.15, -0.1) is 0 Å². The lowest BCUT2D eigenvalue weighted by molar-refractivity contribution is -0.145. The molecular formula is C28H33N5O3. The molecule has 8 heteroatoms. The largest absolute Gasteiger partial charge is 0.465 e. The number of hydrazine groups is 1. The number of ether oxygens (including phenoxy) is 1. The molecule has 1 fully saturated rings. The number of aryl methyl sites for hydroxylation is 2. The van der Waals surface area contributed by atoms with Crippen molar-refractivity contribution in [2.24, 2.45) is 10.9 Å². The second-order valence-corrected chi connectivity index (χ2v) is 9.69. The monoisotopic (exact) mass is 487 g/mol. The number of likely N-dealkylation sites (N-methyl/N-ethyl adjacent to an activating group) is 1. The van der Waals surface area contributed by atoms with Gasteiger partial charge in [-0.1, -0.05) is 18.2 Å². The number of esters is 1. The minimum atomic E-state index is -0.159. The van der Waals surface area contributed by atoms with Crippen LogP contribution in [0.3, 0.4) is 0 Å². The van der Waals surface area contributed by atoms with Crippen molar-refractivity contribution in [1.82, 2.24) is 15.8 Å². The lowest BCUT2D eigenvalue weighted by atomic mass is 9.99. The number of rotatable bonds is 6. The van der Waals surface area contributed by atoms with Crippen LogP contribution in [0.25, 0.3) is 0 Å². The molecule has 1 amide bonds. The summed E-state index contributed by atoms with van der Waals surface area (Å²) in [6, 6.07) is 13.4. The van der Waals surface area contributed by atoms with E-state index < -0.39 is 0 Å². The fourth-order valence-corrected chi connectivity index (χ4v) is 4.95. The molecule has 5 rings (SSSR count). The van der Waals surface area contributed by atoms with Crippen molar-refractivity contribution in [3.63, 3.8) is 0 Å². The smallest absolute Gasteiger partial charge is 0.306 e. The van der Waals surface area contributed by atoms with Gasteiger partial charge in [0, 0.05) is 30.8 Å². The van der Waals surface area contributed by atoms with Crippen molar-refractivity contribution in [1.29, 1.82) is 0 Å². The van der Waals surface area contributed by atoms with Gasteiger partial charge in [0.15, 0.2) is 5.84 Å². The summed E-state index contributed by atoms with van der Waals surface area (Å²) >= 11 is 0. The Morgan fingerprint density at radius 2 is 1.94 bits per heavy atom. The minimum absolute atomic E-state index is 0.0783. The average molecular weight is 488 g/mol. The van der Waals surface area contributed by atoms with Gasteiger partial charge in [0.05, 0.1) is 24.5 Å². The van der Waals surface area contributed by atoms with Crippen molar-refractivity contribution in [3.8, 4) is 0 Å². The molecular weight excluding hydrogens is 454 g/mol. The summed E-state index contributed by atoms with van der Waals surface area (Å²) < 4.78 is 5.52. The van der Waals surface area contributed by atoms with Crippen LogP contribution < -0.4 is 15.6 Å². The molecule has 0 aliphatic carbocycles. The Morgan fingerprint density at radius 3 is 2.75 bits per heavy atom. The molecule has 8 nitrogen and oxygen atoms in total. The van der Waals surface area contributed by atoms with Crippen LogP contribution in [-0.4, -0.2) is 56.0 Å². The molecule has 2 aromatic carbocycles. The lowest BCUT2D eigenvalue weighted by Gasteiger charge is -2.23. The number of anilines is 1. The van der Waals surface area contributed by atoms with Crippen LogP contribution in [0.5, 0.6) is 0 Å². The van der Waals surface area contributed by atoms with Crippen molar-refractivity contribution in [2.75, 3.05) is 38.2 Å². The van der Waals surface area contributed by atoms with Crippen molar-refractivity contribution in [2.45, 2.75) is 32.6 Å². The Labute approximate surface area is 212 Å². The highest BCUT2D eigenvalue weighted by atomic mass is 16.5. The maximum absolute atomic E-state index is 13.7. The number of nitrogens with one attached hydrogen (secondary N) is 2. The van der Waals surface area contributed by atoms with E-state index in [1.54, 1.807) is 4.90 Å². The molecule has 0 saturated carbocycles. The van der Waals surface area contributed by atoms with E-state index in [9.17, 15) is 9.59 Å². The zero-order valence-corrected chi connectivity index (χ0v) is 20.9. The maximum atomic E-state index is 13.7. The SMILES string of the molecule is Cc1cc(C(=O)N2CC3=CNN(C)C3=Nc3ccccc32)ccc1CCC(=O)OCC1CCNCC1. The summed E-state index contributed by atoms with van der Waals surface area (Å²) in [6.07, 6.45) is 4.94. The zero-order valence-electron chi connectivity index (χ0n) is 20.9. The number of benzene rings is 2. The third kappa shape index (κ3) is 5.14. The molecule has 2 N–H and O–H groups in total. The summed E-state index contributed by atoms with van der Waals surface area (Å²) in [5.41, 5.74) is 8.31. The highest BCUT2D eigenvalue weighted by molar-refractivity contribution is 6.12. The third-order valence-electron chi connectivity index (χ3n) is 7.14. The number of para-hydroxylation sites is 2. The van der Waals surface area contributed by atoms with Gasteiger partial charge < -0.3 is 20.4 Å². The fraction of sp³-hybridized carbons (Fsp3) is 0.393. The predicted octanol–water partition coefficient (Wildman–Crippen LogP) is 3.49. The molecule has 0 aromatic heterocycles. The normalized spacial score (nSPS) is 17.4. The van der Waals surface area contributed by atoms with E-state index in [1.807, 2.05) is 67.6 Å². The first-order chi connectivity index (χ1) is 17.5. The second kappa shape index (κ2) is 10.5. The number of fused-ring (bicyclic) bond motifs is 2. The van der Waals surface area contributed by atoms with Gasteiger partial charge in [-0.25, -0.2) is 4.99 Å². The van der Waals surface area contributed by atoms with E-state index in [-0.39, 0.29) is 11.9 Å². The van der Waals surface area contributed by atoms with E-state index in [0.717, 1.165) is 59.8 Å². The first-order valence-corrected chi connectivity index (χ1v) is 12.6. The Morgan fingerprint density at radius 1 is 1.14 bits per heavy atom. The molecule has 3 aliphatic heterocycles. The summed E-state index contributed by atoms with van der Waals surface area (Å²) in [5.74, 6) is 1.04. The fourth-order valence-electron chi connectivity index (χ4n) is 4.95. The predicted molar refractivity (Wildman–Crippen MR) is 140 cm³/mol. The number of aliphatic imine (C=N–C) groups is 1. The first kappa shape index (κ1) is 24.1. The molecule has 2 aromatic rings. The second-order valence-electron chi connectivity index (χ2n) is 9.69. The maximum Gasteiger partial charge on any atom is 0.306 e. The quantitative estimate of drug-likeness (QED) is 0.607.